The molecule has 0 aliphatic rings. The van der Waals surface area contributed by atoms with E-state index in [-0.39, 0.29) is 11.9 Å². The molecule has 2 aromatic carbocycles. The van der Waals surface area contributed by atoms with E-state index in [9.17, 15) is 13.2 Å². The normalized spacial score (nSPS) is 13.8. The van der Waals surface area contributed by atoms with E-state index in [2.05, 4.69) is 5.32 Å². The molecule has 134 valence electrons. The number of benzene rings is 2. The van der Waals surface area contributed by atoms with Crippen molar-refractivity contribution < 1.29 is 13.2 Å². The molecule has 2 rings (SSSR count). The molecule has 5 nitrogen and oxygen atoms in total. The number of anilines is 1. The number of hydrogen-bond acceptors (Lipinski definition) is 3. The van der Waals surface area contributed by atoms with Crippen LogP contribution in [0.25, 0.3) is 0 Å². The minimum absolute atomic E-state index is 0.212. The van der Waals surface area contributed by atoms with Crippen LogP contribution in [-0.2, 0) is 14.8 Å². The third kappa shape index (κ3) is 4.82. The van der Waals surface area contributed by atoms with E-state index in [1.807, 2.05) is 56.3 Å². The average Bonchev–Trinajstić information content (AvgIpc) is 2.56. The number of rotatable bonds is 6. The summed E-state index contributed by atoms with van der Waals surface area (Å²) in [6.45, 7) is 5.39. The molecular weight excluding hydrogens is 336 g/mol. The zero-order chi connectivity index (χ0) is 18.6. The summed E-state index contributed by atoms with van der Waals surface area (Å²) in [5, 5.41) is 2.88. The number of hydrogen-bond donors (Lipinski definition) is 1. The molecule has 0 aliphatic carbocycles. The van der Waals surface area contributed by atoms with Crippen molar-refractivity contribution in [3.63, 3.8) is 0 Å². The average molecular weight is 360 g/mol. The van der Waals surface area contributed by atoms with Gasteiger partial charge in [-0.2, -0.15) is 0 Å². The fourth-order valence-electron chi connectivity index (χ4n) is 2.66. The second-order valence-electron chi connectivity index (χ2n) is 6.21. The van der Waals surface area contributed by atoms with Gasteiger partial charge < -0.3 is 5.32 Å². The van der Waals surface area contributed by atoms with Gasteiger partial charge >= 0.3 is 0 Å². The van der Waals surface area contributed by atoms with E-state index in [0.717, 1.165) is 21.7 Å². The Bertz CT molecular complexity index is 818. The maximum Gasteiger partial charge on any atom is 0.244 e. The number of sulfonamides is 1. The number of nitrogens with one attached hydrogen (secondary N) is 1. The fourth-order valence-corrected chi connectivity index (χ4v) is 3.83. The third-order valence-corrected chi connectivity index (χ3v) is 5.28. The molecule has 0 unspecified atom stereocenters. The topological polar surface area (TPSA) is 66.5 Å². The highest BCUT2D eigenvalue weighted by Crippen LogP contribution is 2.22. The van der Waals surface area contributed by atoms with Gasteiger partial charge in [-0.1, -0.05) is 48.0 Å². The standard InChI is InChI=1S/C19H24N2O3S/c1-14-10-12-18(13-11-14)21(25(4,23)24)16(3)19(22)20-15(2)17-8-6-5-7-9-17/h5-13,15-16H,1-4H3,(H,20,22)/t15-,16+/m0/s1. The van der Waals surface area contributed by atoms with Crippen molar-refractivity contribution in [3.05, 3.63) is 65.7 Å². The van der Waals surface area contributed by atoms with Gasteiger partial charge in [-0.3, -0.25) is 9.10 Å². The highest BCUT2D eigenvalue weighted by molar-refractivity contribution is 7.92. The third-order valence-electron chi connectivity index (χ3n) is 4.04. The summed E-state index contributed by atoms with van der Waals surface area (Å²) in [6.07, 6.45) is 1.11. The van der Waals surface area contributed by atoms with Gasteiger partial charge in [0.15, 0.2) is 0 Å². The summed E-state index contributed by atoms with van der Waals surface area (Å²) in [4.78, 5) is 12.6. The van der Waals surface area contributed by atoms with Crippen molar-refractivity contribution >= 4 is 21.6 Å². The van der Waals surface area contributed by atoms with Crippen LogP contribution in [0.3, 0.4) is 0 Å². The molecule has 0 spiro atoms. The molecule has 0 radical (unpaired) electrons. The van der Waals surface area contributed by atoms with Crippen LogP contribution in [0.15, 0.2) is 54.6 Å². The van der Waals surface area contributed by atoms with Crippen molar-refractivity contribution in [1.82, 2.24) is 5.32 Å². The summed E-state index contributed by atoms with van der Waals surface area (Å²) in [7, 11) is -3.60. The molecule has 2 aromatic rings. The van der Waals surface area contributed by atoms with Crippen LogP contribution in [0.1, 0.15) is 31.0 Å². The second-order valence-corrected chi connectivity index (χ2v) is 8.07. The first-order valence-corrected chi connectivity index (χ1v) is 9.96. The Morgan fingerprint density at radius 1 is 1.00 bits per heavy atom. The molecule has 2 atom stereocenters. The van der Waals surface area contributed by atoms with Crippen molar-refractivity contribution in [2.24, 2.45) is 0 Å². The second kappa shape index (κ2) is 7.70. The molecule has 0 aliphatic heterocycles. The lowest BCUT2D eigenvalue weighted by Crippen LogP contribution is -2.48. The smallest absolute Gasteiger partial charge is 0.244 e. The lowest BCUT2D eigenvalue weighted by molar-refractivity contribution is -0.122. The van der Waals surface area contributed by atoms with E-state index in [4.69, 9.17) is 0 Å². The molecular formula is C19H24N2O3S. The number of carbonyl (C=O) groups excluding carboxylic acids is 1. The van der Waals surface area contributed by atoms with Crippen LogP contribution in [0.5, 0.6) is 0 Å². The molecule has 1 N–H and O–H groups in total. The summed E-state index contributed by atoms with van der Waals surface area (Å²) >= 11 is 0. The quantitative estimate of drug-likeness (QED) is 0.861. The van der Waals surface area contributed by atoms with Gasteiger partial charge in [-0.15, -0.1) is 0 Å². The zero-order valence-corrected chi connectivity index (χ0v) is 15.7. The molecule has 0 bridgehead atoms. The Balaban J connectivity index is 2.23. The molecule has 0 aromatic heterocycles. The Morgan fingerprint density at radius 2 is 1.56 bits per heavy atom. The van der Waals surface area contributed by atoms with E-state index in [1.165, 1.54) is 0 Å². The first-order chi connectivity index (χ1) is 11.7. The highest BCUT2D eigenvalue weighted by atomic mass is 32.2. The first-order valence-electron chi connectivity index (χ1n) is 8.11. The van der Waals surface area contributed by atoms with Crippen LogP contribution < -0.4 is 9.62 Å². The molecule has 25 heavy (non-hydrogen) atoms. The zero-order valence-electron chi connectivity index (χ0n) is 14.9. The largest absolute Gasteiger partial charge is 0.348 e. The van der Waals surface area contributed by atoms with Crippen molar-refractivity contribution in [3.8, 4) is 0 Å². The predicted molar refractivity (Wildman–Crippen MR) is 101 cm³/mol. The van der Waals surface area contributed by atoms with Gasteiger partial charge in [0.2, 0.25) is 15.9 Å². The number of amides is 1. The molecule has 0 saturated carbocycles. The van der Waals surface area contributed by atoms with Crippen LogP contribution in [-0.4, -0.2) is 26.6 Å². The Labute approximate surface area is 149 Å². The minimum atomic E-state index is -3.60. The summed E-state index contributed by atoms with van der Waals surface area (Å²) in [5.74, 6) is -0.345. The summed E-state index contributed by atoms with van der Waals surface area (Å²) < 4.78 is 25.7. The van der Waals surface area contributed by atoms with E-state index >= 15 is 0 Å². The van der Waals surface area contributed by atoms with Gasteiger partial charge in [0, 0.05) is 0 Å². The molecule has 6 heteroatoms. The first kappa shape index (κ1) is 19.0. The van der Waals surface area contributed by atoms with E-state index in [0.29, 0.717) is 5.69 Å². The molecule has 0 saturated heterocycles. The summed E-state index contributed by atoms with van der Waals surface area (Å²) in [5.41, 5.74) is 2.46. The maximum atomic E-state index is 12.6. The van der Waals surface area contributed by atoms with E-state index < -0.39 is 16.1 Å². The van der Waals surface area contributed by atoms with Gasteiger partial charge in [0.1, 0.15) is 6.04 Å². The predicted octanol–water partition coefficient (Wildman–Crippen LogP) is 3.03. The Morgan fingerprint density at radius 3 is 2.08 bits per heavy atom. The van der Waals surface area contributed by atoms with Crippen molar-refractivity contribution in [1.29, 1.82) is 0 Å². The van der Waals surface area contributed by atoms with Crippen molar-refractivity contribution in [2.75, 3.05) is 10.6 Å². The summed E-state index contributed by atoms with van der Waals surface area (Å²) in [6, 6.07) is 15.5. The van der Waals surface area contributed by atoms with Crippen LogP contribution in [0.4, 0.5) is 5.69 Å². The molecule has 0 heterocycles. The monoisotopic (exact) mass is 360 g/mol. The number of carbonyl (C=O) groups is 1. The van der Waals surface area contributed by atoms with Crippen LogP contribution >= 0.6 is 0 Å². The maximum absolute atomic E-state index is 12.6. The van der Waals surface area contributed by atoms with E-state index in [1.54, 1.807) is 19.1 Å². The van der Waals surface area contributed by atoms with Gasteiger partial charge in [-0.05, 0) is 38.5 Å². The minimum Gasteiger partial charge on any atom is -0.348 e. The lowest BCUT2D eigenvalue weighted by Gasteiger charge is -2.29. The lowest BCUT2D eigenvalue weighted by atomic mass is 10.1. The molecule has 1 amide bonds. The number of aryl methyl sites for hydroxylation is 1. The van der Waals surface area contributed by atoms with Gasteiger partial charge in [-0.25, -0.2) is 8.42 Å². The molecule has 0 fully saturated rings. The Hall–Kier alpha value is -2.34. The van der Waals surface area contributed by atoms with Crippen molar-refractivity contribution in [2.45, 2.75) is 32.9 Å². The SMILES string of the molecule is Cc1ccc(N([C@H](C)C(=O)N[C@@H](C)c2ccccc2)S(C)(=O)=O)cc1. The fraction of sp³-hybridized carbons (Fsp3) is 0.316. The highest BCUT2D eigenvalue weighted by Gasteiger charge is 2.29. The van der Waals surface area contributed by atoms with Gasteiger partial charge in [0.25, 0.3) is 0 Å². The number of nitrogens with zero attached hydrogens (tertiary/aromatic N) is 1. The van der Waals surface area contributed by atoms with Crippen LogP contribution in [0.2, 0.25) is 0 Å². The van der Waals surface area contributed by atoms with Crippen LogP contribution in [0, 0.1) is 6.92 Å². The van der Waals surface area contributed by atoms with Gasteiger partial charge in [0.05, 0.1) is 18.0 Å². The Kier molecular flexibility index (Phi) is 5.85.